The summed E-state index contributed by atoms with van der Waals surface area (Å²) in [7, 11) is 4.19. The fourth-order valence-corrected chi connectivity index (χ4v) is 2.51. The lowest BCUT2D eigenvalue weighted by atomic mass is 10.2. The van der Waals surface area contributed by atoms with Gasteiger partial charge in [-0.2, -0.15) is 0 Å². The number of nitrogens with zero attached hydrogens (tertiary/aromatic N) is 3. The van der Waals surface area contributed by atoms with Gasteiger partial charge in [-0.3, -0.25) is 0 Å². The van der Waals surface area contributed by atoms with Gasteiger partial charge in [0, 0.05) is 6.54 Å². The van der Waals surface area contributed by atoms with E-state index < -0.39 is 0 Å². The zero-order valence-electron chi connectivity index (χ0n) is 11.3. The summed E-state index contributed by atoms with van der Waals surface area (Å²) < 4.78 is 2.27. The van der Waals surface area contributed by atoms with Crippen LogP contribution in [-0.4, -0.2) is 35.1 Å². The van der Waals surface area contributed by atoms with E-state index in [9.17, 15) is 0 Å². The van der Waals surface area contributed by atoms with E-state index in [1.807, 2.05) is 6.07 Å². The molecule has 0 fully saturated rings. The number of rotatable bonds is 5. The average Bonchev–Trinajstić information content (AvgIpc) is 2.68. The maximum Gasteiger partial charge on any atom is 0.124 e. The predicted octanol–water partition coefficient (Wildman–Crippen LogP) is 3.04. The van der Waals surface area contributed by atoms with Crippen molar-refractivity contribution in [2.75, 3.05) is 20.6 Å². The van der Waals surface area contributed by atoms with Crippen LogP contribution in [0.1, 0.15) is 17.8 Å². The van der Waals surface area contributed by atoms with Gasteiger partial charge < -0.3 is 9.47 Å². The summed E-state index contributed by atoms with van der Waals surface area (Å²) in [4.78, 5) is 6.81. The predicted molar refractivity (Wildman–Crippen MR) is 77.2 cm³/mol. The van der Waals surface area contributed by atoms with E-state index in [0.717, 1.165) is 30.9 Å². The summed E-state index contributed by atoms with van der Waals surface area (Å²) in [6, 6.07) is 6.23. The van der Waals surface area contributed by atoms with Crippen LogP contribution in [0.2, 0.25) is 0 Å². The molecule has 0 aliphatic heterocycles. The van der Waals surface area contributed by atoms with Gasteiger partial charge >= 0.3 is 0 Å². The third-order valence-corrected chi connectivity index (χ3v) is 3.39. The highest BCUT2D eigenvalue weighted by molar-refractivity contribution is 6.16. The maximum absolute atomic E-state index is 6.00. The lowest BCUT2D eigenvalue weighted by Crippen LogP contribution is -2.15. The van der Waals surface area contributed by atoms with Crippen molar-refractivity contribution in [2.24, 2.45) is 0 Å². The molecule has 18 heavy (non-hydrogen) atoms. The molecule has 0 N–H and O–H groups in total. The first-order valence-corrected chi connectivity index (χ1v) is 6.82. The number of fused-ring (bicyclic) bond motifs is 1. The average molecular weight is 266 g/mol. The second-order valence-corrected chi connectivity index (χ2v) is 5.18. The van der Waals surface area contributed by atoms with Gasteiger partial charge in [-0.05, 0) is 45.6 Å². The summed E-state index contributed by atoms with van der Waals surface area (Å²) in [5.74, 6) is 1.44. The molecule has 0 unspecified atom stereocenters. The number of imidazole rings is 1. The topological polar surface area (TPSA) is 21.1 Å². The third-order valence-electron chi connectivity index (χ3n) is 3.15. The van der Waals surface area contributed by atoms with E-state index in [0.29, 0.717) is 5.88 Å². The van der Waals surface area contributed by atoms with Crippen molar-refractivity contribution < 1.29 is 0 Å². The molecule has 0 aliphatic rings. The highest BCUT2D eigenvalue weighted by Gasteiger charge is 2.11. The standard InChI is InChI=1S/C14H20ClN3/c1-11-6-4-7-12-14(11)18(13(10-15)16-12)9-5-8-17(2)3/h4,6-7H,5,8-10H2,1-3H3. The van der Waals surface area contributed by atoms with Crippen molar-refractivity contribution in [3.8, 4) is 0 Å². The Morgan fingerprint density at radius 3 is 2.78 bits per heavy atom. The Kier molecular flexibility index (Phi) is 4.25. The van der Waals surface area contributed by atoms with Gasteiger partial charge in [-0.25, -0.2) is 4.98 Å². The Balaban J connectivity index is 2.34. The Morgan fingerprint density at radius 1 is 1.33 bits per heavy atom. The van der Waals surface area contributed by atoms with Gasteiger partial charge in [0.15, 0.2) is 0 Å². The highest BCUT2D eigenvalue weighted by Crippen LogP contribution is 2.21. The van der Waals surface area contributed by atoms with E-state index in [4.69, 9.17) is 11.6 Å². The molecule has 4 heteroatoms. The number of aryl methyl sites for hydroxylation is 2. The summed E-state index contributed by atoms with van der Waals surface area (Å²) >= 11 is 6.00. The Hall–Kier alpha value is -1.06. The van der Waals surface area contributed by atoms with Crippen LogP contribution < -0.4 is 0 Å². The molecule has 2 aromatic rings. The molecule has 98 valence electrons. The lowest BCUT2D eigenvalue weighted by Gasteiger charge is -2.12. The quantitative estimate of drug-likeness (QED) is 0.775. The molecule has 0 aliphatic carbocycles. The van der Waals surface area contributed by atoms with Gasteiger partial charge in [0.2, 0.25) is 0 Å². The molecule has 0 saturated heterocycles. The second kappa shape index (κ2) is 5.72. The number of para-hydroxylation sites is 1. The van der Waals surface area contributed by atoms with Crippen molar-refractivity contribution in [3.63, 3.8) is 0 Å². The molecule has 1 aromatic heterocycles. The number of halogens is 1. The van der Waals surface area contributed by atoms with Crippen LogP contribution in [0.15, 0.2) is 18.2 Å². The molecule has 1 heterocycles. The maximum atomic E-state index is 6.00. The molecular weight excluding hydrogens is 246 g/mol. The van der Waals surface area contributed by atoms with Gasteiger partial charge in [-0.15, -0.1) is 11.6 Å². The number of alkyl halides is 1. The molecule has 0 bridgehead atoms. The van der Waals surface area contributed by atoms with Gasteiger partial charge in [-0.1, -0.05) is 12.1 Å². The van der Waals surface area contributed by atoms with Crippen molar-refractivity contribution in [3.05, 3.63) is 29.6 Å². The number of hydrogen-bond donors (Lipinski definition) is 0. The Labute approximate surface area is 113 Å². The van der Waals surface area contributed by atoms with Crippen molar-refractivity contribution in [1.82, 2.24) is 14.5 Å². The largest absolute Gasteiger partial charge is 0.327 e. The summed E-state index contributed by atoms with van der Waals surface area (Å²) in [5.41, 5.74) is 3.55. The highest BCUT2D eigenvalue weighted by atomic mass is 35.5. The summed E-state index contributed by atoms with van der Waals surface area (Å²) in [6.45, 7) is 4.18. The smallest absolute Gasteiger partial charge is 0.124 e. The molecule has 3 nitrogen and oxygen atoms in total. The van der Waals surface area contributed by atoms with Crippen molar-refractivity contribution in [2.45, 2.75) is 25.8 Å². The molecule has 0 amide bonds. The minimum atomic E-state index is 0.468. The first-order valence-electron chi connectivity index (χ1n) is 6.29. The molecular formula is C14H20ClN3. The fraction of sp³-hybridized carbons (Fsp3) is 0.500. The molecule has 0 saturated carbocycles. The zero-order valence-corrected chi connectivity index (χ0v) is 12.0. The number of hydrogen-bond acceptors (Lipinski definition) is 2. The van der Waals surface area contributed by atoms with Crippen LogP contribution in [0.3, 0.4) is 0 Å². The van der Waals surface area contributed by atoms with Crippen LogP contribution in [0.25, 0.3) is 11.0 Å². The monoisotopic (exact) mass is 265 g/mol. The third kappa shape index (κ3) is 2.68. The fourth-order valence-electron chi connectivity index (χ4n) is 2.30. The minimum Gasteiger partial charge on any atom is -0.327 e. The van der Waals surface area contributed by atoms with Gasteiger partial charge in [0.25, 0.3) is 0 Å². The molecule has 0 spiro atoms. The minimum absolute atomic E-state index is 0.468. The first-order chi connectivity index (χ1) is 8.63. The van der Waals surface area contributed by atoms with E-state index in [1.54, 1.807) is 0 Å². The van der Waals surface area contributed by atoms with Crippen LogP contribution in [0.4, 0.5) is 0 Å². The lowest BCUT2D eigenvalue weighted by molar-refractivity contribution is 0.386. The van der Waals surface area contributed by atoms with Crippen LogP contribution >= 0.6 is 11.6 Å². The van der Waals surface area contributed by atoms with Crippen LogP contribution in [0, 0.1) is 6.92 Å². The zero-order chi connectivity index (χ0) is 13.1. The van der Waals surface area contributed by atoms with Crippen LogP contribution in [-0.2, 0) is 12.4 Å². The number of aromatic nitrogens is 2. The van der Waals surface area contributed by atoms with Gasteiger partial charge in [0.1, 0.15) is 5.82 Å². The second-order valence-electron chi connectivity index (χ2n) is 4.91. The van der Waals surface area contributed by atoms with E-state index >= 15 is 0 Å². The van der Waals surface area contributed by atoms with Crippen molar-refractivity contribution >= 4 is 22.6 Å². The summed E-state index contributed by atoms with van der Waals surface area (Å²) in [5, 5.41) is 0. The number of benzene rings is 1. The Bertz CT molecular complexity index is 531. The SMILES string of the molecule is Cc1cccc2nc(CCl)n(CCCN(C)C)c12. The van der Waals surface area contributed by atoms with E-state index in [-0.39, 0.29) is 0 Å². The molecule has 1 aromatic carbocycles. The normalized spacial score (nSPS) is 11.6. The van der Waals surface area contributed by atoms with E-state index in [2.05, 4.69) is 47.6 Å². The molecule has 0 atom stereocenters. The van der Waals surface area contributed by atoms with E-state index in [1.165, 1.54) is 11.1 Å². The first kappa shape index (κ1) is 13.4. The van der Waals surface area contributed by atoms with Crippen LogP contribution in [0.5, 0.6) is 0 Å². The Morgan fingerprint density at radius 2 is 2.11 bits per heavy atom. The molecule has 0 radical (unpaired) electrons. The summed E-state index contributed by atoms with van der Waals surface area (Å²) in [6.07, 6.45) is 1.11. The van der Waals surface area contributed by atoms with Crippen molar-refractivity contribution in [1.29, 1.82) is 0 Å². The van der Waals surface area contributed by atoms with Gasteiger partial charge in [0.05, 0.1) is 16.9 Å². The molecule has 2 rings (SSSR count).